The number of hydrogen-bond donors (Lipinski definition) is 1. The van der Waals surface area contributed by atoms with Crippen LogP contribution in [-0.2, 0) is 29.1 Å². The molecule has 4 aromatic rings. The standard InChI is InChI=1S/C20H19N5O3S2/c1-3-12-4-6-13(7-5-12)14-10-29-18-17(14)19(27)25(11-21-18)8-15(26)22-20-24-23-16(30-20)9-28-2/h4-7,10-11H,3,8-9H2,1-2H3,(H,22,24,26). The van der Waals surface area contributed by atoms with Gasteiger partial charge in [-0.05, 0) is 17.5 Å². The van der Waals surface area contributed by atoms with E-state index in [-0.39, 0.29) is 18.0 Å². The first-order chi connectivity index (χ1) is 14.6. The molecule has 3 aromatic heterocycles. The fourth-order valence-electron chi connectivity index (χ4n) is 3.01. The molecule has 8 nitrogen and oxygen atoms in total. The van der Waals surface area contributed by atoms with E-state index < -0.39 is 0 Å². The second-order valence-electron chi connectivity index (χ2n) is 6.54. The summed E-state index contributed by atoms with van der Waals surface area (Å²) in [6, 6.07) is 8.13. The lowest BCUT2D eigenvalue weighted by Crippen LogP contribution is -2.27. The summed E-state index contributed by atoms with van der Waals surface area (Å²) in [6.07, 6.45) is 2.36. The van der Waals surface area contributed by atoms with E-state index in [9.17, 15) is 9.59 Å². The van der Waals surface area contributed by atoms with E-state index in [1.54, 1.807) is 7.11 Å². The number of carbonyl (C=O) groups is 1. The highest BCUT2D eigenvalue weighted by molar-refractivity contribution is 7.17. The zero-order valence-electron chi connectivity index (χ0n) is 16.4. The van der Waals surface area contributed by atoms with Gasteiger partial charge in [0.25, 0.3) is 5.56 Å². The van der Waals surface area contributed by atoms with Crippen LogP contribution in [0, 0.1) is 0 Å². The maximum Gasteiger partial charge on any atom is 0.263 e. The molecular formula is C20H19N5O3S2. The van der Waals surface area contributed by atoms with Gasteiger partial charge in [0.05, 0.1) is 11.7 Å². The number of rotatable bonds is 7. The number of nitrogens with zero attached hydrogens (tertiary/aromatic N) is 4. The van der Waals surface area contributed by atoms with Gasteiger partial charge in [0.1, 0.15) is 23.0 Å². The molecule has 0 saturated carbocycles. The van der Waals surface area contributed by atoms with Crippen molar-refractivity contribution < 1.29 is 9.53 Å². The minimum absolute atomic E-state index is 0.162. The lowest BCUT2D eigenvalue weighted by Gasteiger charge is -2.06. The molecule has 0 unspecified atom stereocenters. The number of methoxy groups -OCH3 is 1. The highest BCUT2D eigenvalue weighted by Gasteiger charge is 2.15. The third-order valence-electron chi connectivity index (χ3n) is 4.53. The van der Waals surface area contributed by atoms with Crippen molar-refractivity contribution >= 4 is 43.9 Å². The summed E-state index contributed by atoms with van der Waals surface area (Å²) in [6.45, 7) is 2.27. The zero-order chi connectivity index (χ0) is 21.1. The summed E-state index contributed by atoms with van der Waals surface area (Å²) in [7, 11) is 1.56. The lowest BCUT2D eigenvalue weighted by atomic mass is 10.0. The summed E-state index contributed by atoms with van der Waals surface area (Å²) in [5.41, 5.74) is 2.77. The Kier molecular flexibility index (Phi) is 5.98. The summed E-state index contributed by atoms with van der Waals surface area (Å²) in [5.74, 6) is -0.373. The molecule has 10 heteroatoms. The van der Waals surface area contributed by atoms with Gasteiger partial charge in [-0.25, -0.2) is 4.98 Å². The largest absolute Gasteiger partial charge is 0.377 e. The van der Waals surface area contributed by atoms with E-state index >= 15 is 0 Å². The summed E-state index contributed by atoms with van der Waals surface area (Å²) >= 11 is 2.64. The van der Waals surface area contributed by atoms with Crippen molar-refractivity contribution in [2.45, 2.75) is 26.5 Å². The van der Waals surface area contributed by atoms with Crippen LogP contribution < -0.4 is 10.9 Å². The van der Waals surface area contributed by atoms with Crippen LogP contribution in [0.25, 0.3) is 21.3 Å². The van der Waals surface area contributed by atoms with E-state index in [4.69, 9.17) is 4.74 Å². The Morgan fingerprint density at radius 2 is 2.03 bits per heavy atom. The number of aromatic nitrogens is 4. The van der Waals surface area contributed by atoms with Gasteiger partial charge < -0.3 is 4.74 Å². The predicted molar refractivity (Wildman–Crippen MR) is 118 cm³/mol. The van der Waals surface area contributed by atoms with Gasteiger partial charge in [-0.2, -0.15) is 0 Å². The van der Waals surface area contributed by atoms with Crippen LogP contribution in [0.1, 0.15) is 17.5 Å². The molecule has 154 valence electrons. The number of carbonyl (C=O) groups excluding carboxylic acids is 1. The van der Waals surface area contributed by atoms with Crippen molar-refractivity contribution in [1.29, 1.82) is 0 Å². The maximum atomic E-state index is 13.1. The molecule has 0 aliphatic carbocycles. The van der Waals surface area contributed by atoms with Gasteiger partial charge in [-0.1, -0.05) is 42.5 Å². The van der Waals surface area contributed by atoms with E-state index in [1.165, 1.54) is 39.1 Å². The highest BCUT2D eigenvalue weighted by Crippen LogP contribution is 2.30. The van der Waals surface area contributed by atoms with Gasteiger partial charge in [0, 0.05) is 18.1 Å². The number of anilines is 1. The Morgan fingerprint density at radius 1 is 1.23 bits per heavy atom. The number of fused-ring (bicyclic) bond motifs is 1. The second kappa shape index (κ2) is 8.82. The molecule has 1 amide bonds. The van der Waals surface area contributed by atoms with Gasteiger partial charge in [0.2, 0.25) is 11.0 Å². The molecule has 0 aliphatic rings. The Morgan fingerprint density at radius 3 is 2.77 bits per heavy atom. The van der Waals surface area contributed by atoms with Crippen molar-refractivity contribution in [3.05, 3.63) is 56.9 Å². The molecule has 0 bridgehead atoms. The van der Waals surface area contributed by atoms with Crippen LogP contribution in [0.4, 0.5) is 5.13 Å². The average Bonchev–Trinajstić information content (AvgIpc) is 3.38. The van der Waals surface area contributed by atoms with Gasteiger partial charge in [-0.3, -0.25) is 19.5 Å². The van der Waals surface area contributed by atoms with Crippen molar-refractivity contribution in [3.63, 3.8) is 0 Å². The molecular weight excluding hydrogens is 422 g/mol. The van der Waals surface area contributed by atoms with Crippen LogP contribution in [-0.4, -0.2) is 32.8 Å². The van der Waals surface area contributed by atoms with Crippen molar-refractivity contribution in [2.24, 2.45) is 0 Å². The molecule has 0 atom stereocenters. The van der Waals surface area contributed by atoms with E-state index in [2.05, 4.69) is 39.6 Å². The summed E-state index contributed by atoms with van der Waals surface area (Å²) in [5, 5.41) is 14.0. The molecule has 0 fully saturated rings. The Labute approximate surface area is 180 Å². The molecule has 1 N–H and O–H groups in total. The maximum absolute atomic E-state index is 13.1. The van der Waals surface area contributed by atoms with Crippen LogP contribution in [0.3, 0.4) is 0 Å². The van der Waals surface area contributed by atoms with Crippen molar-refractivity contribution in [1.82, 2.24) is 19.7 Å². The SMILES string of the molecule is CCc1ccc(-c2csc3ncn(CC(=O)Nc4nnc(COC)s4)c(=O)c23)cc1. The number of hydrogen-bond acceptors (Lipinski definition) is 8. The van der Waals surface area contributed by atoms with Gasteiger partial charge in [0.15, 0.2) is 0 Å². The Bertz CT molecular complexity index is 1240. The second-order valence-corrected chi connectivity index (χ2v) is 8.46. The van der Waals surface area contributed by atoms with Crippen LogP contribution >= 0.6 is 22.7 Å². The van der Waals surface area contributed by atoms with E-state index in [0.29, 0.717) is 27.0 Å². The Hall–Kier alpha value is -2.95. The van der Waals surface area contributed by atoms with Gasteiger partial charge >= 0.3 is 0 Å². The van der Waals surface area contributed by atoms with Crippen molar-refractivity contribution in [2.75, 3.05) is 12.4 Å². The molecule has 0 radical (unpaired) electrons. The number of aryl methyl sites for hydroxylation is 1. The zero-order valence-corrected chi connectivity index (χ0v) is 18.0. The predicted octanol–water partition coefficient (Wildman–Crippen LogP) is 3.32. The smallest absolute Gasteiger partial charge is 0.263 e. The summed E-state index contributed by atoms with van der Waals surface area (Å²) < 4.78 is 6.30. The number of thiophene rings is 1. The number of ether oxygens (including phenoxy) is 1. The highest BCUT2D eigenvalue weighted by atomic mass is 32.1. The first-order valence-electron chi connectivity index (χ1n) is 9.26. The number of nitrogens with one attached hydrogen (secondary N) is 1. The fourth-order valence-corrected chi connectivity index (χ4v) is 4.65. The molecule has 1 aromatic carbocycles. The third-order valence-corrected chi connectivity index (χ3v) is 6.23. The monoisotopic (exact) mass is 441 g/mol. The summed E-state index contributed by atoms with van der Waals surface area (Å²) in [4.78, 5) is 30.5. The molecule has 3 heterocycles. The fraction of sp³-hybridized carbons (Fsp3) is 0.250. The molecule has 30 heavy (non-hydrogen) atoms. The van der Waals surface area contributed by atoms with E-state index in [0.717, 1.165) is 17.5 Å². The first kappa shape index (κ1) is 20.3. The van der Waals surface area contributed by atoms with Crippen LogP contribution in [0.2, 0.25) is 0 Å². The Balaban J connectivity index is 1.59. The molecule has 0 aliphatic heterocycles. The molecule has 4 rings (SSSR count). The van der Waals surface area contributed by atoms with Crippen LogP contribution in [0.5, 0.6) is 0 Å². The normalized spacial score (nSPS) is 11.1. The van der Waals surface area contributed by atoms with Gasteiger partial charge in [-0.15, -0.1) is 21.5 Å². The minimum Gasteiger partial charge on any atom is -0.377 e. The third kappa shape index (κ3) is 4.16. The number of benzene rings is 1. The topological polar surface area (TPSA) is 99.0 Å². The van der Waals surface area contributed by atoms with E-state index in [1.807, 2.05) is 17.5 Å². The van der Waals surface area contributed by atoms with Crippen LogP contribution in [0.15, 0.2) is 40.8 Å². The number of amides is 1. The minimum atomic E-state index is -0.373. The average molecular weight is 442 g/mol. The lowest BCUT2D eigenvalue weighted by molar-refractivity contribution is -0.116. The van der Waals surface area contributed by atoms with Crippen molar-refractivity contribution in [3.8, 4) is 11.1 Å². The first-order valence-corrected chi connectivity index (χ1v) is 11.0. The quantitative estimate of drug-likeness (QED) is 0.472. The molecule has 0 spiro atoms. The molecule has 0 saturated heterocycles.